The number of alkyl carbamates (subject to hydrolysis) is 1. The number of aliphatic carboxylic acids is 1. The Morgan fingerprint density at radius 2 is 1.53 bits per heavy atom. The molecule has 2 unspecified atom stereocenters. The number of carboxylic acids is 1. The average Bonchev–Trinajstić information content (AvgIpc) is 3.55. The molecule has 8 heteroatoms. The molecule has 1 saturated carbocycles. The van der Waals surface area contributed by atoms with E-state index in [1.54, 1.807) is 0 Å². The van der Waals surface area contributed by atoms with Gasteiger partial charge in [0.25, 0.3) is 0 Å². The van der Waals surface area contributed by atoms with Crippen molar-refractivity contribution in [1.82, 2.24) is 10.6 Å². The number of hydrogen-bond donors (Lipinski definition) is 4. The second kappa shape index (κ2) is 9.40. The zero-order valence-electron chi connectivity index (χ0n) is 17.5. The Morgan fingerprint density at radius 3 is 2.06 bits per heavy atom. The molecule has 0 radical (unpaired) electrons. The van der Waals surface area contributed by atoms with Crippen LogP contribution in [0.3, 0.4) is 0 Å². The van der Waals surface area contributed by atoms with Crippen molar-refractivity contribution in [2.75, 3.05) is 13.2 Å². The van der Waals surface area contributed by atoms with E-state index in [0.29, 0.717) is 12.3 Å². The highest BCUT2D eigenvalue weighted by molar-refractivity contribution is 5.89. The van der Waals surface area contributed by atoms with Crippen LogP contribution < -0.4 is 10.6 Å². The van der Waals surface area contributed by atoms with Crippen LogP contribution in [-0.2, 0) is 14.3 Å². The van der Waals surface area contributed by atoms with Gasteiger partial charge in [0, 0.05) is 5.92 Å². The SMILES string of the molecule is O=C(NC(CC1CC1)C(=O)NC(CO)C(=O)O)OCC1c2ccccc2-c2ccccc21. The molecular formula is C24H26N2O6. The third kappa shape index (κ3) is 4.75. The van der Waals surface area contributed by atoms with Crippen LogP contribution in [0.25, 0.3) is 11.1 Å². The van der Waals surface area contributed by atoms with E-state index in [4.69, 9.17) is 14.9 Å². The first-order valence-corrected chi connectivity index (χ1v) is 10.7. The minimum Gasteiger partial charge on any atom is -0.480 e. The van der Waals surface area contributed by atoms with Crippen molar-refractivity contribution in [3.63, 3.8) is 0 Å². The standard InChI is InChI=1S/C24H26N2O6/c27-12-21(23(29)30)25-22(28)20(11-14-9-10-14)26-24(31)32-13-19-17-7-3-1-5-15(17)16-6-2-4-8-18(16)19/h1-8,14,19-21,27H,9-13H2,(H,25,28)(H,26,31)(H,29,30). The molecule has 0 aliphatic heterocycles. The molecule has 32 heavy (non-hydrogen) atoms. The van der Waals surface area contributed by atoms with Crippen LogP contribution in [0.5, 0.6) is 0 Å². The number of amides is 2. The van der Waals surface area contributed by atoms with Crippen molar-refractivity contribution in [3.8, 4) is 11.1 Å². The Labute approximate surface area is 185 Å². The summed E-state index contributed by atoms with van der Waals surface area (Å²) >= 11 is 0. The van der Waals surface area contributed by atoms with Gasteiger partial charge in [0.2, 0.25) is 5.91 Å². The zero-order chi connectivity index (χ0) is 22.7. The van der Waals surface area contributed by atoms with Gasteiger partial charge >= 0.3 is 12.1 Å². The Balaban J connectivity index is 1.40. The van der Waals surface area contributed by atoms with E-state index in [1.807, 2.05) is 48.5 Å². The van der Waals surface area contributed by atoms with Gasteiger partial charge in [-0.2, -0.15) is 0 Å². The lowest BCUT2D eigenvalue weighted by Crippen LogP contribution is -2.53. The van der Waals surface area contributed by atoms with Crippen molar-refractivity contribution in [2.24, 2.45) is 5.92 Å². The molecule has 4 N–H and O–H groups in total. The summed E-state index contributed by atoms with van der Waals surface area (Å²) in [5, 5.41) is 23.1. The second-order valence-electron chi connectivity index (χ2n) is 8.28. The van der Waals surface area contributed by atoms with E-state index in [9.17, 15) is 14.4 Å². The summed E-state index contributed by atoms with van der Waals surface area (Å²) in [5.74, 6) is -1.79. The first kappa shape index (κ1) is 21.8. The van der Waals surface area contributed by atoms with Gasteiger partial charge in [0.15, 0.2) is 0 Å². The Bertz CT molecular complexity index is 974. The number of fused-ring (bicyclic) bond motifs is 3. The molecule has 0 saturated heterocycles. The molecule has 0 heterocycles. The molecule has 2 aliphatic carbocycles. The monoisotopic (exact) mass is 438 g/mol. The zero-order valence-corrected chi connectivity index (χ0v) is 17.5. The average molecular weight is 438 g/mol. The van der Waals surface area contributed by atoms with Crippen LogP contribution in [0.15, 0.2) is 48.5 Å². The van der Waals surface area contributed by atoms with E-state index in [1.165, 1.54) is 0 Å². The fraction of sp³-hybridized carbons (Fsp3) is 0.375. The van der Waals surface area contributed by atoms with E-state index in [0.717, 1.165) is 35.1 Å². The summed E-state index contributed by atoms with van der Waals surface area (Å²) in [5.41, 5.74) is 4.40. The molecule has 1 fully saturated rings. The lowest BCUT2D eigenvalue weighted by atomic mass is 9.98. The number of aliphatic hydroxyl groups excluding tert-OH is 1. The van der Waals surface area contributed by atoms with E-state index < -0.39 is 36.7 Å². The van der Waals surface area contributed by atoms with Gasteiger partial charge in [-0.05, 0) is 34.6 Å². The predicted octanol–water partition coefficient (Wildman–Crippen LogP) is 2.26. The van der Waals surface area contributed by atoms with E-state index in [2.05, 4.69) is 10.6 Å². The lowest BCUT2D eigenvalue weighted by Gasteiger charge is -2.21. The summed E-state index contributed by atoms with van der Waals surface area (Å²) in [6.07, 6.45) is 1.58. The van der Waals surface area contributed by atoms with E-state index in [-0.39, 0.29) is 12.5 Å². The highest BCUT2D eigenvalue weighted by Gasteiger charge is 2.33. The molecule has 2 amide bonds. The largest absolute Gasteiger partial charge is 0.480 e. The van der Waals surface area contributed by atoms with E-state index >= 15 is 0 Å². The fourth-order valence-electron chi connectivity index (χ4n) is 4.16. The van der Waals surface area contributed by atoms with Crippen molar-refractivity contribution in [2.45, 2.75) is 37.3 Å². The number of ether oxygens (including phenoxy) is 1. The van der Waals surface area contributed by atoms with Gasteiger partial charge in [0.1, 0.15) is 18.7 Å². The normalized spacial score (nSPS) is 16.4. The van der Waals surface area contributed by atoms with Crippen LogP contribution in [-0.4, -0.2) is 53.5 Å². The maximum absolute atomic E-state index is 12.6. The highest BCUT2D eigenvalue weighted by Crippen LogP contribution is 2.44. The topological polar surface area (TPSA) is 125 Å². The second-order valence-corrected chi connectivity index (χ2v) is 8.28. The van der Waals surface area contributed by atoms with Gasteiger partial charge < -0.3 is 25.6 Å². The maximum atomic E-state index is 12.6. The number of benzene rings is 2. The molecule has 4 rings (SSSR count). The predicted molar refractivity (Wildman–Crippen MR) is 116 cm³/mol. The molecule has 2 aromatic carbocycles. The Morgan fingerprint density at radius 1 is 0.938 bits per heavy atom. The summed E-state index contributed by atoms with van der Waals surface area (Å²) < 4.78 is 5.51. The summed E-state index contributed by atoms with van der Waals surface area (Å²) in [4.78, 5) is 36.2. The minimum atomic E-state index is -1.42. The quantitative estimate of drug-likeness (QED) is 0.476. The van der Waals surface area contributed by atoms with Crippen molar-refractivity contribution >= 4 is 18.0 Å². The first-order valence-electron chi connectivity index (χ1n) is 10.7. The Kier molecular flexibility index (Phi) is 6.41. The fourth-order valence-corrected chi connectivity index (χ4v) is 4.16. The minimum absolute atomic E-state index is 0.102. The summed E-state index contributed by atoms with van der Waals surface area (Å²) in [6, 6.07) is 13.6. The number of aliphatic hydroxyl groups is 1. The number of rotatable bonds is 9. The molecule has 0 bridgehead atoms. The van der Waals surface area contributed by atoms with Gasteiger partial charge in [0.05, 0.1) is 6.61 Å². The Hall–Kier alpha value is -3.39. The number of carboxylic acid groups (broad SMARTS) is 1. The molecule has 2 aliphatic rings. The van der Waals surface area contributed by atoms with Crippen LogP contribution in [0.2, 0.25) is 0 Å². The lowest BCUT2D eigenvalue weighted by molar-refractivity contribution is -0.143. The number of carbonyl (C=O) groups is 3. The van der Waals surface area contributed by atoms with Crippen LogP contribution in [0.1, 0.15) is 36.3 Å². The molecule has 8 nitrogen and oxygen atoms in total. The highest BCUT2D eigenvalue weighted by atomic mass is 16.5. The third-order valence-electron chi connectivity index (χ3n) is 6.02. The first-order chi connectivity index (χ1) is 15.5. The van der Waals surface area contributed by atoms with Crippen molar-refractivity contribution in [3.05, 3.63) is 59.7 Å². The van der Waals surface area contributed by atoms with Gasteiger partial charge in [-0.3, -0.25) is 4.79 Å². The van der Waals surface area contributed by atoms with Crippen molar-refractivity contribution in [1.29, 1.82) is 0 Å². The summed E-state index contributed by atoms with van der Waals surface area (Å²) in [6.45, 7) is -0.617. The maximum Gasteiger partial charge on any atom is 0.407 e. The molecule has 2 aromatic rings. The number of hydrogen-bond acceptors (Lipinski definition) is 5. The number of carbonyl (C=O) groups excluding carboxylic acids is 2. The number of nitrogens with one attached hydrogen (secondary N) is 2. The van der Waals surface area contributed by atoms with Gasteiger partial charge in [-0.15, -0.1) is 0 Å². The van der Waals surface area contributed by atoms with Crippen molar-refractivity contribution < 1.29 is 29.3 Å². The van der Waals surface area contributed by atoms with Crippen LogP contribution >= 0.6 is 0 Å². The third-order valence-corrected chi connectivity index (χ3v) is 6.02. The molecular weight excluding hydrogens is 412 g/mol. The van der Waals surface area contributed by atoms with Gasteiger partial charge in [-0.25, -0.2) is 9.59 Å². The van der Waals surface area contributed by atoms with Crippen LogP contribution in [0.4, 0.5) is 4.79 Å². The van der Waals surface area contributed by atoms with Gasteiger partial charge in [-0.1, -0.05) is 61.4 Å². The molecule has 0 spiro atoms. The molecule has 0 aromatic heterocycles. The molecule has 168 valence electrons. The van der Waals surface area contributed by atoms with Crippen LogP contribution in [0, 0.1) is 5.92 Å². The molecule has 2 atom stereocenters. The smallest absolute Gasteiger partial charge is 0.407 e. The summed E-state index contributed by atoms with van der Waals surface area (Å²) in [7, 11) is 0.